The highest BCUT2D eigenvalue weighted by Gasteiger charge is 2.11. The third-order valence-electron chi connectivity index (χ3n) is 2.22. The Bertz CT molecular complexity index is 257. The van der Waals surface area contributed by atoms with Crippen LogP contribution in [0.5, 0.6) is 0 Å². The number of nitrogens with one attached hydrogen (secondary N) is 2. The van der Waals surface area contributed by atoms with E-state index in [-0.39, 0.29) is 6.10 Å². The van der Waals surface area contributed by atoms with Crippen molar-refractivity contribution in [1.82, 2.24) is 10.6 Å². The molecule has 0 fully saturated rings. The summed E-state index contributed by atoms with van der Waals surface area (Å²) >= 11 is 0. The van der Waals surface area contributed by atoms with E-state index in [1.165, 1.54) is 0 Å². The molecule has 0 aromatic carbocycles. The van der Waals surface area contributed by atoms with Crippen molar-refractivity contribution in [2.75, 3.05) is 32.9 Å². The molecule has 0 saturated carbocycles. The highest BCUT2D eigenvalue weighted by Crippen LogP contribution is 1.89. The third kappa shape index (κ3) is 11.7. The summed E-state index contributed by atoms with van der Waals surface area (Å²) in [5.41, 5.74) is 0. The monoisotopic (exact) mass is 274 g/mol. The molecule has 2 amide bonds. The van der Waals surface area contributed by atoms with Gasteiger partial charge in [0.15, 0.2) is 0 Å². The van der Waals surface area contributed by atoms with Crippen LogP contribution in [0.2, 0.25) is 0 Å². The molecule has 0 bridgehead atoms. The Balaban J connectivity index is 3.46. The van der Waals surface area contributed by atoms with Gasteiger partial charge in [-0.1, -0.05) is 0 Å². The van der Waals surface area contributed by atoms with Crippen molar-refractivity contribution in [3.8, 4) is 0 Å². The molecule has 0 heterocycles. The van der Waals surface area contributed by atoms with Gasteiger partial charge < -0.3 is 20.1 Å². The maximum absolute atomic E-state index is 11.4. The van der Waals surface area contributed by atoms with E-state index in [0.29, 0.717) is 45.8 Å². The van der Waals surface area contributed by atoms with Gasteiger partial charge in [0.2, 0.25) is 0 Å². The number of rotatable bonds is 10. The topological polar surface area (TPSA) is 76.7 Å². The van der Waals surface area contributed by atoms with Gasteiger partial charge in [-0.3, -0.25) is 9.59 Å². The van der Waals surface area contributed by atoms with Crippen molar-refractivity contribution in [2.24, 2.45) is 0 Å². The number of hydrogen-bond donors (Lipinski definition) is 2. The van der Waals surface area contributed by atoms with Gasteiger partial charge in [-0.25, -0.2) is 0 Å². The summed E-state index contributed by atoms with van der Waals surface area (Å²) in [4.78, 5) is 22.7. The van der Waals surface area contributed by atoms with Crippen LogP contribution in [0.25, 0.3) is 0 Å². The first-order valence-electron chi connectivity index (χ1n) is 6.83. The fraction of sp³-hybridized carbons (Fsp3) is 0.846. The zero-order valence-corrected chi connectivity index (χ0v) is 12.2. The molecule has 0 radical (unpaired) electrons. The second-order valence-corrected chi connectivity index (χ2v) is 4.34. The average molecular weight is 274 g/mol. The van der Waals surface area contributed by atoms with E-state index >= 15 is 0 Å². The Morgan fingerprint density at radius 2 is 1.53 bits per heavy atom. The van der Waals surface area contributed by atoms with Crippen LogP contribution in [0, 0.1) is 0 Å². The smallest absolute Gasteiger partial charge is 0.309 e. The summed E-state index contributed by atoms with van der Waals surface area (Å²) in [6.45, 7) is 8.53. The summed E-state index contributed by atoms with van der Waals surface area (Å²) in [6.07, 6.45) is 1.58. The molecule has 0 rings (SSSR count). The Morgan fingerprint density at radius 3 is 2.00 bits per heavy atom. The van der Waals surface area contributed by atoms with Crippen LogP contribution in [0.3, 0.4) is 0 Å². The summed E-state index contributed by atoms with van der Waals surface area (Å²) in [6, 6.07) is 0. The first-order valence-corrected chi connectivity index (χ1v) is 6.83. The van der Waals surface area contributed by atoms with Crippen molar-refractivity contribution >= 4 is 11.8 Å². The zero-order chi connectivity index (χ0) is 14.5. The maximum Gasteiger partial charge on any atom is 0.309 e. The number of ether oxygens (including phenoxy) is 2. The molecule has 0 atom stereocenters. The molecule has 0 aliphatic heterocycles. The minimum absolute atomic E-state index is 0.185. The van der Waals surface area contributed by atoms with Gasteiger partial charge in [-0.2, -0.15) is 0 Å². The number of carbonyl (C=O) groups excluding carboxylic acids is 2. The van der Waals surface area contributed by atoms with Crippen LogP contribution in [0.4, 0.5) is 0 Å². The van der Waals surface area contributed by atoms with Gasteiger partial charge in [0.1, 0.15) is 0 Å². The zero-order valence-electron chi connectivity index (χ0n) is 12.2. The molecule has 0 spiro atoms. The van der Waals surface area contributed by atoms with Gasteiger partial charge in [0.05, 0.1) is 6.10 Å². The van der Waals surface area contributed by atoms with Crippen LogP contribution in [-0.4, -0.2) is 50.8 Å². The molecular weight excluding hydrogens is 248 g/mol. The molecule has 6 heteroatoms. The highest BCUT2D eigenvalue weighted by molar-refractivity contribution is 6.35. The van der Waals surface area contributed by atoms with Crippen molar-refractivity contribution < 1.29 is 19.1 Å². The molecule has 2 N–H and O–H groups in total. The van der Waals surface area contributed by atoms with Gasteiger partial charge >= 0.3 is 11.8 Å². The maximum atomic E-state index is 11.4. The van der Waals surface area contributed by atoms with Gasteiger partial charge in [-0.15, -0.1) is 0 Å². The lowest BCUT2D eigenvalue weighted by atomic mass is 10.4. The Morgan fingerprint density at radius 1 is 1.00 bits per heavy atom. The third-order valence-corrected chi connectivity index (χ3v) is 2.22. The predicted octanol–water partition coefficient (Wildman–Crippen LogP) is 0.461. The normalized spacial score (nSPS) is 10.5. The lowest BCUT2D eigenvalue weighted by Gasteiger charge is -2.08. The molecular formula is C13H26N2O4. The van der Waals surface area contributed by atoms with Crippen molar-refractivity contribution in [1.29, 1.82) is 0 Å². The molecule has 0 saturated heterocycles. The summed E-state index contributed by atoms with van der Waals surface area (Å²) < 4.78 is 10.4. The summed E-state index contributed by atoms with van der Waals surface area (Å²) in [5, 5.41) is 5.08. The van der Waals surface area contributed by atoms with Crippen LogP contribution in [0.15, 0.2) is 0 Å². The Hall–Kier alpha value is -1.14. The van der Waals surface area contributed by atoms with E-state index in [4.69, 9.17) is 9.47 Å². The van der Waals surface area contributed by atoms with Gasteiger partial charge in [0.25, 0.3) is 0 Å². The highest BCUT2D eigenvalue weighted by atomic mass is 16.5. The average Bonchev–Trinajstić information content (AvgIpc) is 2.37. The van der Waals surface area contributed by atoms with Gasteiger partial charge in [-0.05, 0) is 33.6 Å². The molecule has 0 unspecified atom stereocenters. The standard InChI is InChI=1S/C13H26N2O4/c1-4-18-9-5-7-14-12(16)13(17)15-8-6-10-19-11(2)3/h11H,4-10H2,1-3H3,(H,14,16)(H,15,17). The van der Waals surface area contributed by atoms with Crippen LogP contribution in [-0.2, 0) is 19.1 Å². The van der Waals surface area contributed by atoms with E-state index in [2.05, 4.69) is 10.6 Å². The van der Waals surface area contributed by atoms with Crippen LogP contribution in [0.1, 0.15) is 33.6 Å². The molecule has 0 aromatic rings. The second kappa shape index (κ2) is 11.9. The van der Waals surface area contributed by atoms with Crippen molar-refractivity contribution in [2.45, 2.75) is 39.7 Å². The van der Waals surface area contributed by atoms with E-state index < -0.39 is 11.8 Å². The summed E-state index contributed by atoms with van der Waals surface area (Å²) in [5.74, 6) is -1.19. The minimum Gasteiger partial charge on any atom is -0.382 e. The molecule has 0 aromatic heterocycles. The fourth-order valence-corrected chi connectivity index (χ4v) is 1.27. The SMILES string of the molecule is CCOCCCNC(=O)C(=O)NCCCOC(C)C. The lowest BCUT2D eigenvalue weighted by molar-refractivity contribution is -0.139. The molecule has 0 aliphatic carbocycles. The largest absolute Gasteiger partial charge is 0.382 e. The number of amides is 2. The van der Waals surface area contributed by atoms with E-state index in [1.807, 2.05) is 20.8 Å². The fourth-order valence-electron chi connectivity index (χ4n) is 1.27. The first-order chi connectivity index (χ1) is 9.07. The molecule has 19 heavy (non-hydrogen) atoms. The first kappa shape index (κ1) is 17.9. The van der Waals surface area contributed by atoms with Crippen molar-refractivity contribution in [3.63, 3.8) is 0 Å². The van der Waals surface area contributed by atoms with E-state index in [1.54, 1.807) is 0 Å². The number of hydrogen-bond acceptors (Lipinski definition) is 4. The van der Waals surface area contributed by atoms with Crippen LogP contribution >= 0.6 is 0 Å². The van der Waals surface area contributed by atoms with Gasteiger partial charge in [0, 0.05) is 32.9 Å². The van der Waals surface area contributed by atoms with Crippen molar-refractivity contribution in [3.05, 3.63) is 0 Å². The molecule has 0 aliphatic rings. The number of carbonyl (C=O) groups is 2. The Kier molecular flexibility index (Phi) is 11.2. The van der Waals surface area contributed by atoms with Crippen LogP contribution < -0.4 is 10.6 Å². The molecule has 112 valence electrons. The molecule has 6 nitrogen and oxygen atoms in total. The van der Waals surface area contributed by atoms with E-state index in [0.717, 1.165) is 0 Å². The quantitative estimate of drug-likeness (QED) is 0.448. The lowest BCUT2D eigenvalue weighted by Crippen LogP contribution is -2.41. The minimum atomic E-state index is -0.596. The predicted molar refractivity (Wildman–Crippen MR) is 72.8 cm³/mol. The van der Waals surface area contributed by atoms with E-state index in [9.17, 15) is 9.59 Å². The second-order valence-electron chi connectivity index (χ2n) is 4.34. The summed E-state index contributed by atoms with van der Waals surface area (Å²) in [7, 11) is 0. The Labute approximate surface area is 115 Å².